The third-order valence-electron chi connectivity index (χ3n) is 2.02. The standard InChI is InChI=1S/C10H7ClFNO2/c11-10-8(5-14)9(13-15-10)6-1-3-7(12)4-2-6/h1-4,14H,5H2. The first-order valence-electron chi connectivity index (χ1n) is 4.23. The number of aliphatic hydroxyl groups excluding tert-OH is 1. The van der Waals surface area contributed by atoms with Gasteiger partial charge in [-0.2, -0.15) is 0 Å². The van der Waals surface area contributed by atoms with Crippen LogP contribution in [0.15, 0.2) is 28.8 Å². The van der Waals surface area contributed by atoms with Gasteiger partial charge in [0, 0.05) is 5.56 Å². The molecule has 1 heterocycles. The van der Waals surface area contributed by atoms with Crippen molar-refractivity contribution in [2.45, 2.75) is 6.61 Å². The van der Waals surface area contributed by atoms with Gasteiger partial charge in [0.25, 0.3) is 0 Å². The summed E-state index contributed by atoms with van der Waals surface area (Å²) >= 11 is 5.66. The second-order valence-corrected chi connectivity index (χ2v) is 3.29. The summed E-state index contributed by atoms with van der Waals surface area (Å²) in [5.74, 6) is -0.334. The van der Waals surface area contributed by atoms with Gasteiger partial charge >= 0.3 is 0 Å². The second kappa shape index (κ2) is 4.00. The largest absolute Gasteiger partial charge is 0.391 e. The summed E-state index contributed by atoms with van der Waals surface area (Å²) in [4.78, 5) is 0. The lowest BCUT2D eigenvalue weighted by atomic mass is 10.1. The molecule has 0 saturated carbocycles. The molecular weight excluding hydrogens is 221 g/mol. The van der Waals surface area contributed by atoms with Gasteiger partial charge in [0.2, 0.25) is 5.22 Å². The van der Waals surface area contributed by atoms with Gasteiger partial charge in [-0.25, -0.2) is 4.39 Å². The maximum Gasteiger partial charge on any atom is 0.232 e. The fourth-order valence-electron chi connectivity index (χ4n) is 1.26. The molecule has 0 unspecified atom stereocenters. The van der Waals surface area contributed by atoms with Crippen molar-refractivity contribution in [2.75, 3.05) is 0 Å². The van der Waals surface area contributed by atoms with E-state index in [2.05, 4.69) is 5.16 Å². The lowest BCUT2D eigenvalue weighted by Crippen LogP contribution is -1.87. The van der Waals surface area contributed by atoms with E-state index in [1.807, 2.05) is 0 Å². The molecule has 15 heavy (non-hydrogen) atoms. The summed E-state index contributed by atoms with van der Waals surface area (Å²) in [7, 11) is 0. The molecule has 0 aliphatic rings. The van der Waals surface area contributed by atoms with Crippen LogP contribution in [0.4, 0.5) is 4.39 Å². The predicted octanol–water partition coefficient (Wildman–Crippen LogP) is 2.63. The van der Waals surface area contributed by atoms with Crippen LogP contribution in [0.25, 0.3) is 11.3 Å². The number of aromatic nitrogens is 1. The van der Waals surface area contributed by atoms with Crippen molar-refractivity contribution in [3.8, 4) is 11.3 Å². The lowest BCUT2D eigenvalue weighted by molar-refractivity contribution is 0.281. The highest BCUT2D eigenvalue weighted by Crippen LogP contribution is 2.28. The van der Waals surface area contributed by atoms with E-state index in [1.165, 1.54) is 12.1 Å². The Kier molecular flexibility index (Phi) is 2.70. The van der Waals surface area contributed by atoms with Crippen molar-refractivity contribution in [3.05, 3.63) is 40.9 Å². The van der Waals surface area contributed by atoms with Crippen LogP contribution in [0.2, 0.25) is 5.22 Å². The molecule has 5 heteroatoms. The maximum absolute atomic E-state index is 12.7. The summed E-state index contributed by atoms with van der Waals surface area (Å²) in [6.45, 7) is -0.269. The zero-order valence-electron chi connectivity index (χ0n) is 7.58. The highest BCUT2D eigenvalue weighted by atomic mass is 35.5. The smallest absolute Gasteiger partial charge is 0.232 e. The summed E-state index contributed by atoms with van der Waals surface area (Å²) in [6.07, 6.45) is 0. The molecule has 0 spiro atoms. The van der Waals surface area contributed by atoms with Crippen LogP contribution in [0, 0.1) is 5.82 Å². The minimum Gasteiger partial charge on any atom is -0.391 e. The molecule has 0 fully saturated rings. The Balaban J connectivity index is 2.49. The average Bonchev–Trinajstić information content (AvgIpc) is 2.61. The van der Waals surface area contributed by atoms with Crippen LogP contribution < -0.4 is 0 Å². The third-order valence-corrected chi connectivity index (χ3v) is 2.31. The molecule has 0 aliphatic heterocycles. The highest BCUT2D eigenvalue weighted by Gasteiger charge is 2.14. The van der Waals surface area contributed by atoms with Crippen LogP contribution >= 0.6 is 11.6 Å². The first-order valence-corrected chi connectivity index (χ1v) is 4.61. The molecule has 0 aliphatic carbocycles. The van der Waals surface area contributed by atoms with Gasteiger partial charge in [0.15, 0.2) is 0 Å². The first kappa shape index (κ1) is 10.1. The van der Waals surface area contributed by atoms with E-state index in [0.717, 1.165) is 0 Å². The molecule has 0 amide bonds. The Morgan fingerprint density at radius 2 is 2.00 bits per heavy atom. The minimum absolute atomic E-state index is 0.0526. The fourth-order valence-corrected chi connectivity index (χ4v) is 1.44. The SMILES string of the molecule is OCc1c(-c2ccc(F)cc2)noc1Cl. The number of aliphatic hydroxyl groups is 1. The van der Waals surface area contributed by atoms with Crippen LogP contribution in [0.3, 0.4) is 0 Å². The molecule has 1 N–H and O–H groups in total. The normalized spacial score (nSPS) is 10.6. The zero-order valence-corrected chi connectivity index (χ0v) is 8.33. The van der Waals surface area contributed by atoms with Crippen molar-refractivity contribution >= 4 is 11.6 Å². The number of hydrogen-bond donors (Lipinski definition) is 1. The van der Waals surface area contributed by atoms with E-state index in [-0.39, 0.29) is 17.6 Å². The monoisotopic (exact) mass is 227 g/mol. The van der Waals surface area contributed by atoms with Gasteiger partial charge in [-0.1, -0.05) is 5.16 Å². The zero-order chi connectivity index (χ0) is 10.8. The van der Waals surface area contributed by atoms with Gasteiger partial charge in [-0.15, -0.1) is 0 Å². The minimum atomic E-state index is -0.334. The second-order valence-electron chi connectivity index (χ2n) is 2.95. The quantitative estimate of drug-likeness (QED) is 0.858. The van der Waals surface area contributed by atoms with Crippen molar-refractivity contribution in [3.63, 3.8) is 0 Å². The third kappa shape index (κ3) is 1.86. The number of nitrogens with zero attached hydrogens (tertiary/aromatic N) is 1. The number of benzene rings is 1. The van der Waals surface area contributed by atoms with E-state index in [9.17, 15) is 4.39 Å². The van der Waals surface area contributed by atoms with Crippen molar-refractivity contribution in [2.24, 2.45) is 0 Å². The van der Waals surface area contributed by atoms with E-state index in [0.29, 0.717) is 16.8 Å². The van der Waals surface area contributed by atoms with Crippen LogP contribution in [-0.4, -0.2) is 10.3 Å². The van der Waals surface area contributed by atoms with Gasteiger partial charge in [-0.3, -0.25) is 0 Å². The Labute approximate surface area is 90.1 Å². The molecule has 0 radical (unpaired) electrons. The Morgan fingerprint density at radius 3 is 2.60 bits per heavy atom. The molecule has 0 saturated heterocycles. The molecule has 0 atom stereocenters. The lowest BCUT2D eigenvalue weighted by Gasteiger charge is -1.98. The molecule has 1 aromatic carbocycles. The van der Waals surface area contributed by atoms with Gasteiger partial charge in [0.05, 0.1) is 12.2 Å². The molecule has 1 aromatic heterocycles. The number of hydrogen-bond acceptors (Lipinski definition) is 3. The fraction of sp³-hybridized carbons (Fsp3) is 0.100. The summed E-state index contributed by atoms with van der Waals surface area (Å²) < 4.78 is 17.4. The predicted molar refractivity (Wildman–Crippen MR) is 52.8 cm³/mol. The van der Waals surface area contributed by atoms with Crippen molar-refractivity contribution < 1.29 is 14.0 Å². The van der Waals surface area contributed by atoms with E-state index in [4.69, 9.17) is 21.2 Å². The summed E-state index contributed by atoms with van der Waals surface area (Å²) in [5, 5.41) is 12.8. The van der Waals surface area contributed by atoms with E-state index >= 15 is 0 Å². The number of halogens is 2. The molecule has 0 bridgehead atoms. The van der Waals surface area contributed by atoms with Crippen LogP contribution in [-0.2, 0) is 6.61 Å². The molecular formula is C10H7ClFNO2. The Morgan fingerprint density at radius 1 is 1.33 bits per heavy atom. The van der Waals surface area contributed by atoms with Crippen molar-refractivity contribution in [1.29, 1.82) is 0 Å². The van der Waals surface area contributed by atoms with E-state index < -0.39 is 0 Å². The van der Waals surface area contributed by atoms with Crippen molar-refractivity contribution in [1.82, 2.24) is 5.16 Å². The van der Waals surface area contributed by atoms with Gasteiger partial charge in [0.1, 0.15) is 11.5 Å². The topological polar surface area (TPSA) is 46.3 Å². The average molecular weight is 228 g/mol. The van der Waals surface area contributed by atoms with Gasteiger partial charge < -0.3 is 9.63 Å². The molecule has 78 valence electrons. The summed E-state index contributed by atoms with van der Waals surface area (Å²) in [6, 6.07) is 5.70. The maximum atomic E-state index is 12.7. The first-order chi connectivity index (χ1) is 7.22. The summed E-state index contributed by atoms with van der Waals surface area (Å²) in [5.41, 5.74) is 1.49. The van der Waals surface area contributed by atoms with E-state index in [1.54, 1.807) is 12.1 Å². The highest BCUT2D eigenvalue weighted by molar-refractivity contribution is 6.29. The van der Waals surface area contributed by atoms with Gasteiger partial charge in [-0.05, 0) is 35.9 Å². The molecule has 2 aromatic rings. The molecule has 2 rings (SSSR count). The van der Waals surface area contributed by atoms with Crippen LogP contribution in [0.5, 0.6) is 0 Å². The van der Waals surface area contributed by atoms with Crippen LogP contribution in [0.1, 0.15) is 5.56 Å². The Hall–Kier alpha value is -1.39. The molecule has 3 nitrogen and oxygen atoms in total. The number of rotatable bonds is 2. The Bertz CT molecular complexity index is 467.